The normalized spacial score (nSPS) is 15.9. The van der Waals surface area contributed by atoms with Gasteiger partial charge in [-0.2, -0.15) is 5.26 Å². The van der Waals surface area contributed by atoms with Gasteiger partial charge in [0.2, 0.25) is 0 Å². The second-order valence-electron chi connectivity index (χ2n) is 5.14. The summed E-state index contributed by atoms with van der Waals surface area (Å²) >= 11 is 0. The summed E-state index contributed by atoms with van der Waals surface area (Å²) in [5, 5.41) is 9.09. The summed E-state index contributed by atoms with van der Waals surface area (Å²) in [4.78, 5) is 15.9. The van der Waals surface area contributed by atoms with Crippen LogP contribution in [0.25, 0.3) is 0 Å². The molecule has 1 aromatic carbocycles. The molecule has 0 atom stereocenters. The van der Waals surface area contributed by atoms with Crippen LogP contribution >= 0.6 is 0 Å². The molecule has 0 unspecified atom stereocenters. The number of urea groups is 1. The maximum absolute atomic E-state index is 12.4. The summed E-state index contributed by atoms with van der Waals surface area (Å²) in [6, 6.07) is 9.31. The van der Waals surface area contributed by atoms with Gasteiger partial charge in [0.1, 0.15) is 6.07 Å². The van der Waals surface area contributed by atoms with Gasteiger partial charge < -0.3 is 4.90 Å². The van der Waals surface area contributed by atoms with Gasteiger partial charge in [0.25, 0.3) is 0 Å². The highest BCUT2D eigenvalue weighted by atomic mass is 16.2. The van der Waals surface area contributed by atoms with Gasteiger partial charge in [-0.05, 0) is 30.9 Å². The van der Waals surface area contributed by atoms with E-state index in [9.17, 15) is 4.79 Å². The van der Waals surface area contributed by atoms with Crippen molar-refractivity contribution in [1.29, 1.82) is 5.26 Å². The van der Waals surface area contributed by atoms with Crippen molar-refractivity contribution in [2.45, 2.75) is 19.8 Å². The number of anilines is 1. The van der Waals surface area contributed by atoms with Gasteiger partial charge in [-0.1, -0.05) is 19.1 Å². The molecule has 19 heavy (non-hydrogen) atoms. The third-order valence-corrected chi connectivity index (χ3v) is 3.73. The van der Waals surface area contributed by atoms with Gasteiger partial charge in [0.05, 0.1) is 11.3 Å². The zero-order valence-electron chi connectivity index (χ0n) is 11.5. The van der Waals surface area contributed by atoms with Crippen molar-refractivity contribution in [3.8, 4) is 6.07 Å². The SMILES string of the molecule is CC1CCN(C(=O)N(C)c2ccccc2C#N)CC1. The van der Waals surface area contributed by atoms with E-state index in [-0.39, 0.29) is 6.03 Å². The molecule has 100 valence electrons. The monoisotopic (exact) mass is 257 g/mol. The zero-order chi connectivity index (χ0) is 13.8. The molecule has 4 heteroatoms. The first kappa shape index (κ1) is 13.4. The molecule has 0 aliphatic carbocycles. The lowest BCUT2D eigenvalue weighted by atomic mass is 9.99. The third kappa shape index (κ3) is 2.87. The number of rotatable bonds is 1. The zero-order valence-corrected chi connectivity index (χ0v) is 11.5. The summed E-state index contributed by atoms with van der Waals surface area (Å²) in [5.74, 6) is 0.695. The molecule has 0 aromatic heterocycles. The fourth-order valence-electron chi connectivity index (χ4n) is 2.38. The highest BCUT2D eigenvalue weighted by Gasteiger charge is 2.24. The number of nitrogens with zero attached hydrogens (tertiary/aromatic N) is 3. The van der Waals surface area contributed by atoms with Crippen LogP contribution in [-0.4, -0.2) is 31.1 Å². The Bertz CT molecular complexity index is 498. The van der Waals surface area contributed by atoms with Gasteiger partial charge >= 0.3 is 6.03 Å². The van der Waals surface area contributed by atoms with Crippen molar-refractivity contribution in [3.63, 3.8) is 0 Å². The Balaban J connectivity index is 2.13. The summed E-state index contributed by atoms with van der Waals surface area (Å²) in [5.41, 5.74) is 1.21. The van der Waals surface area contributed by atoms with E-state index in [1.807, 2.05) is 23.1 Å². The van der Waals surface area contributed by atoms with Crippen LogP contribution in [0.3, 0.4) is 0 Å². The van der Waals surface area contributed by atoms with Gasteiger partial charge in [-0.25, -0.2) is 4.79 Å². The van der Waals surface area contributed by atoms with E-state index >= 15 is 0 Å². The summed E-state index contributed by atoms with van der Waals surface area (Å²) < 4.78 is 0. The number of benzene rings is 1. The first-order valence-electron chi connectivity index (χ1n) is 6.65. The molecule has 1 aromatic rings. The quantitative estimate of drug-likeness (QED) is 0.776. The van der Waals surface area contributed by atoms with Crippen LogP contribution in [-0.2, 0) is 0 Å². The van der Waals surface area contributed by atoms with E-state index in [0.29, 0.717) is 17.2 Å². The molecule has 0 spiro atoms. The molecule has 1 aliphatic rings. The van der Waals surface area contributed by atoms with E-state index in [1.165, 1.54) is 0 Å². The van der Waals surface area contributed by atoms with Gasteiger partial charge in [0.15, 0.2) is 0 Å². The van der Waals surface area contributed by atoms with Crippen molar-refractivity contribution in [2.75, 3.05) is 25.0 Å². The Morgan fingerprint density at radius 3 is 2.63 bits per heavy atom. The smallest absolute Gasteiger partial charge is 0.324 e. The minimum Gasteiger partial charge on any atom is -0.324 e. The van der Waals surface area contributed by atoms with E-state index in [1.54, 1.807) is 18.0 Å². The Labute approximate surface area is 114 Å². The molecule has 2 amide bonds. The fraction of sp³-hybridized carbons (Fsp3) is 0.467. The van der Waals surface area contributed by atoms with Crippen LogP contribution in [0.15, 0.2) is 24.3 Å². The molecule has 4 nitrogen and oxygen atoms in total. The number of para-hydroxylation sites is 1. The van der Waals surface area contributed by atoms with Crippen LogP contribution < -0.4 is 4.90 Å². The maximum Gasteiger partial charge on any atom is 0.324 e. The van der Waals surface area contributed by atoms with Crippen molar-refractivity contribution in [3.05, 3.63) is 29.8 Å². The molecule has 1 saturated heterocycles. The number of likely N-dealkylation sites (tertiary alicyclic amines) is 1. The number of nitriles is 1. The molecular weight excluding hydrogens is 238 g/mol. The molecule has 0 bridgehead atoms. The molecular formula is C15H19N3O. The maximum atomic E-state index is 12.4. The van der Waals surface area contributed by atoms with Crippen LogP contribution in [0.2, 0.25) is 0 Å². The van der Waals surface area contributed by atoms with E-state index in [2.05, 4.69) is 13.0 Å². The number of hydrogen-bond acceptors (Lipinski definition) is 2. The Hall–Kier alpha value is -2.02. The topological polar surface area (TPSA) is 47.3 Å². The van der Waals surface area contributed by atoms with E-state index in [0.717, 1.165) is 25.9 Å². The number of hydrogen-bond donors (Lipinski definition) is 0. The summed E-state index contributed by atoms with van der Waals surface area (Å²) in [6.07, 6.45) is 2.11. The third-order valence-electron chi connectivity index (χ3n) is 3.73. The molecule has 0 radical (unpaired) electrons. The largest absolute Gasteiger partial charge is 0.324 e. The van der Waals surface area contributed by atoms with Crippen molar-refractivity contribution in [1.82, 2.24) is 4.90 Å². The van der Waals surface area contributed by atoms with Crippen molar-refractivity contribution in [2.24, 2.45) is 5.92 Å². The minimum absolute atomic E-state index is 0.0189. The average Bonchev–Trinajstić information content (AvgIpc) is 2.46. The van der Waals surface area contributed by atoms with Crippen molar-refractivity contribution >= 4 is 11.7 Å². The highest BCUT2D eigenvalue weighted by molar-refractivity contribution is 5.92. The fourth-order valence-corrected chi connectivity index (χ4v) is 2.38. The van der Waals surface area contributed by atoms with Crippen molar-refractivity contribution < 1.29 is 4.79 Å². The van der Waals surface area contributed by atoms with Gasteiger partial charge in [-0.15, -0.1) is 0 Å². The number of amides is 2. The molecule has 2 rings (SSSR count). The molecule has 1 fully saturated rings. The predicted octanol–water partition coefficient (Wildman–Crippen LogP) is 2.85. The van der Waals surface area contributed by atoms with Crippen LogP contribution in [0, 0.1) is 17.2 Å². The summed E-state index contributed by atoms with van der Waals surface area (Å²) in [6.45, 7) is 3.83. The highest BCUT2D eigenvalue weighted by Crippen LogP contribution is 2.22. The molecule has 0 N–H and O–H groups in total. The van der Waals surface area contributed by atoms with Gasteiger partial charge in [-0.3, -0.25) is 4.90 Å². The lowest BCUT2D eigenvalue weighted by Crippen LogP contribution is -2.45. The number of carbonyl (C=O) groups is 1. The second-order valence-corrected chi connectivity index (χ2v) is 5.14. The Morgan fingerprint density at radius 1 is 1.37 bits per heavy atom. The Morgan fingerprint density at radius 2 is 2.00 bits per heavy atom. The van der Waals surface area contributed by atoms with Crippen LogP contribution in [0.1, 0.15) is 25.3 Å². The minimum atomic E-state index is -0.0189. The van der Waals surface area contributed by atoms with Gasteiger partial charge in [0, 0.05) is 20.1 Å². The number of piperidine rings is 1. The standard InChI is InChI=1S/C15H19N3O/c1-12-7-9-18(10-8-12)15(19)17(2)14-6-4-3-5-13(14)11-16/h3-6,12H,7-10H2,1-2H3. The number of carbonyl (C=O) groups excluding carboxylic acids is 1. The van der Waals surface area contributed by atoms with Crippen LogP contribution in [0.4, 0.5) is 10.5 Å². The van der Waals surface area contributed by atoms with E-state index in [4.69, 9.17) is 5.26 Å². The first-order chi connectivity index (χ1) is 9.13. The summed E-state index contributed by atoms with van der Waals surface area (Å²) in [7, 11) is 1.73. The van der Waals surface area contributed by atoms with Crippen LogP contribution in [0.5, 0.6) is 0 Å². The Kier molecular flexibility index (Phi) is 4.06. The lowest BCUT2D eigenvalue weighted by Gasteiger charge is -2.33. The molecule has 1 aliphatic heterocycles. The lowest BCUT2D eigenvalue weighted by molar-refractivity contribution is 0.181. The predicted molar refractivity (Wildman–Crippen MR) is 74.9 cm³/mol. The molecule has 0 saturated carbocycles. The average molecular weight is 257 g/mol. The first-order valence-corrected chi connectivity index (χ1v) is 6.65. The van der Waals surface area contributed by atoms with E-state index < -0.39 is 0 Å². The molecule has 1 heterocycles. The second kappa shape index (κ2) is 5.75.